The highest BCUT2D eigenvalue weighted by Gasteiger charge is 2.22. The third-order valence-corrected chi connectivity index (χ3v) is 7.25. The molecule has 3 aromatic carbocycles. The van der Waals surface area contributed by atoms with Crippen molar-refractivity contribution in [3.05, 3.63) is 101 Å². The molecule has 0 saturated carbocycles. The third kappa shape index (κ3) is 6.11. The van der Waals surface area contributed by atoms with Gasteiger partial charge >= 0.3 is 0 Å². The molecule has 5 heteroatoms. The topological polar surface area (TPSA) is 41.4 Å². The number of amides is 1. The van der Waals surface area contributed by atoms with Crippen LogP contribution in [-0.2, 0) is 19.6 Å². The first-order valence-corrected chi connectivity index (χ1v) is 13.7. The number of carbonyl (C=O) groups is 1. The smallest absolute Gasteiger partial charge is 0.254 e. The fraction of sp³-hybridized carbons (Fsp3) is 0.375. The van der Waals surface area contributed by atoms with Crippen molar-refractivity contribution in [2.75, 3.05) is 19.6 Å². The minimum atomic E-state index is 0.0541. The quantitative estimate of drug-likeness (QED) is 0.272. The van der Waals surface area contributed by atoms with Gasteiger partial charge in [-0.25, -0.2) is 4.98 Å². The molecule has 1 fully saturated rings. The molecule has 192 valence electrons. The SMILES string of the molecule is CC(C)CN(Cc1nc2ccccc2n1Cc1ccccc1CN1CCCCC1)C(=O)c1ccccc1. The Morgan fingerprint density at radius 3 is 2.22 bits per heavy atom. The molecule has 5 rings (SSSR count). The zero-order chi connectivity index (χ0) is 25.6. The molecular weight excluding hydrogens is 456 g/mol. The van der Waals surface area contributed by atoms with E-state index in [0.717, 1.165) is 35.5 Å². The summed E-state index contributed by atoms with van der Waals surface area (Å²) >= 11 is 0. The number of imidazole rings is 1. The van der Waals surface area contributed by atoms with Crippen LogP contribution in [0.5, 0.6) is 0 Å². The van der Waals surface area contributed by atoms with Crippen LogP contribution in [0.1, 0.15) is 60.4 Å². The molecule has 2 heterocycles. The summed E-state index contributed by atoms with van der Waals surface area (Å²) in [5.74, 6) is 1.34. The second-order valence-electron chi connectivity index (χ2n) is 10.7. The number of hydrogen-bond acceptors (Lipinski definition) is 3. The molecule has 4 aromatic rings. The summed E-state index contributed by atoms with van der Waals surface area (Å²) in [5.41, 5.74) is 5.51. The number of benzene rings is 3. The Bertz CT molecular complexity index is 1320. The summed E-state index contributed by atoms with van der Waals surface area (Å²) in [5, 5.41) is 0. The normalized spacial score (nSPS) is 14.4. The van der Waals surface area contributed by atoms with Crippen molar-refractivity contribution in [3.63, 3.8) is 0 Å². The van der Waals surface area contributed by atoms with Gasteiger partial charge in [0, 0.05) is 25.2 Å². The second-order valence-corrected chi connectivity index (χ2v) is 10.7. The van der Waals surface area contributed by atoms with Crippen molar-refractivity contribution in [1.82, 2.24) is 19.4 Å². The van der Waals surface area contributed by atoms with E-state index >= 15 is 0 Å². The van der Waals surface area contributed by atoms with E-state index in [1.54, 1.807) is 0 Å². The van der Waals surface area contributed by atoms with Crippen LogP contribution in [0.25, 0.3) is 11.0 Å². The van der Waals surface area contributed by atoms with Gasteiger partial charge in [0.25, 0.3) is 5.91 Å². The molecule has 1 amide bonds. The largest absolute Gasteiger partial charge is 0.331 e. The zero-order valence-corrected chi connectivity index (χ0v) is 22.1. The predicted octanol–water partition coefficient (Wildman–Crippen LogP) is 6.37. The number of aromatic nitrogens is 2. The van der Waals surface area contributed by atoms with Gasteiger partial charge in [-0.1, -0.05) is 74.9 Å². The maximum absolute atomic E-state index is 13.5. The van der Waals surface area contributed by atoms with Crippen LogP contribution in [0.4, 0.5) is 0 Å². The lowest BCUT2D eigenvalue weighted by atomic mass is 10.0. The van der Waals surface area contributed by atoms with E-state index in [0.29, 0.717) is 19.0 Å². The van der Waals surface area contributed by atoms with Gasteiger partial charge in [0.15, 0.2) is 0 Å². The van der Waals surface area contributed by atoms with Crippen LogP contribution < -0.4 is 0 Å². The highest BCUT2D eigenvalue weighted by Crippen LogP contribution is 2.23. The summed E-state index contributed by atoms with van der Waals surface area (Å²) in [4.78, 5) is 23.1. The Balaban J connectivity index is 1.47. The molecule has 0 atom stereocenters. The van der Waals surface area contributed by atoms with Crippen molar-refractivity contribution < 1.29 is 4.79 Å². The van der Waals surface area contributed by atoms with Crippen molar-refractivity contribution >= 4 is 16.9 Å². The maximum Gasteiger partial charge on any atom is 0.254 e. The molecule has 0 N–H and O–H groups in total. The average molecular weight is 495 g/mol. The Morgan fingerprint density at radius 1 is 0.838 bits per heavy atom. The van der Waals surface area contributed by atoms with Crippen LogP contribution in [0.2, 0.25) is 0 Å². The van der Waals surface area contributed by atoms with Gasteiger partial charge in [-0.15, -0.1) is 0 Å². The monoisotopic (exact) mass is 494 g/mol. The van der Waals surface area contributed by atoms with Crippen molar-refractivity contribution in [2.45, 2.75) is 52.7 Å². The molecule has 1 aliphatic rings. The summed E-state index contributed by atoms with van der Waals surface area (Å²) in [6.07, 6.45) is 3.93. The molecule has 0 radical (unpaired) electrons. The summed E-state index contributed by atoms with van der Waals surface area (Å²) in [7, 11) is 0. The van der Waals surface area contributed by atoms with Crippen LogP contribution in [0, 0.1) is 5.92 Å². The lowest BCUT2D eigenvalue weighted by molar-refractivity contribution is 0.0716. The summed E-state index contributed by atoms with van der Waals surface area (Å²) < 4.78 is 2.32. The van der Waals surface area contributed by atoms with Crippen LogP contribution in [-0.4, -0.2) is 44.9 Å². The van der Waals surface area contributed by atoms with Crippen LogP contribution in [0.15, 0.2) is 78.9 Å². The van der Waals surface area contributed by atoms with Gasteiger partial charge in [0.2, 0.25) is 0 Å². The number of likely N-dealkylation sites (tertiary alicyclic amines) is 1. The fourth-order valence-electron chi connectivity index (χ4n) is 5.41. The van der Waals surface area contributed by atoms with Gasteiger partial charge in [-0.3, -0.25) is 9.69 Å². The Hall–Kier alpha value is -3.44. The van der Waals surface area contributed by atoms with E-state index < -0.39 is 0 Å². The number of piperidine rings is 1. The third-order valence-electron chi connectivity index (χ3n) is 7.25. The van der Waals surface area contributed by atoms with Gasteiger partial charge in [-0.2, -0.15) is 0 Å². The number of hydrogen-bond donors (Lipinski definition) is 0. The lowest BCUT2D eigenvalue weighted by Crippen LogP contribution is -2.34. The van der Waals surface area contributed by atoms with E-state index in [2.05, 4.69) is 65.8 Å². The van der Waals surface area contributed by atoms with E-state index in [1.165, 1.54) is 43.5 Å². The van der Waals surface area contributed by atoms with Crippen molar-refractivity contribution in [1.29, 1.82) is 0 Å². The molecular formula is C32H38N4O. The van der Waals surface area contributed by atoms with E-state index in [-0.39, 0.29) is 5.91 Å². The Kier molecular flexibility index (Phi) is 8.00. The van der Waals surface area contributed by atoms with E-state index in [1.807, 2.05) is 41.3 Å². The lowest BCUT2D eigenvalue weighted by Gasteiger charge is -2.27. The van der Waals surface area contributed by atoms with Crippen molar-refractivity contribution in [2.24, 2.45) is 5.92 Å². The summed E-state index contributed by atoms with van der Waals surface area (Å²) in [6, 6.07) is 26.7. The molecule has 0 unspecified atom stereocenters. The second kappa shape index (κ2) is 11.7. The van der Waals surface area contributed by atoms with Crippen LogP contribution in [0.3, 0.4) is 0 Å². The molecule has 0 aliphatic carbocycles. The molecule has 0 spiro atoms. The fourth-order valence-corrected chi connectivity index (χ4v) is 5.41. The van der Waals surface area contributed by atoms with E-state index in [4.69, 9.17) is 4.98 Å². The number of carbonyl (C=O) groups excluding carboxylic acids is 1. The number of fused-ring (bicyclic) bond motifs is 1. The predicted molar refractivity (Wildman–Crippen MR) is 150 cm³/mol. The van der Waals surface area contributed by atoms with Crippen molar-refractivity contribution in [3.8, 4) is 0 Å². The molecule has 37 heavy (non-hydrogen) atoms. The molecule has 1 aromatic heterocycles. The zero-order valence-electron chi connectivity index (χ0n) is 22.1. The summed E-state index contributed by atoms with van der Waals surface area (Å²) in [6.45, 7) is 9.57. The number of nitrogens with zero attached hydrogens (tertiary/aromatic N) is 4. The average Bonchev–Trinajstić information content (AvgIpc) is 3.26. The molecule has 1 saturated heterocycles. The van der Waals surface area contributed by atoms with Gasteiger partial charge in [-0.05, 0) is 67.2 Å². The van der Waals surface area contributed by atoms with Crippen LogP contribution >= 0.6 is 0 Å². The minimum Gasteiger partial charge on any atom is -0.331 e. The maximum atomic E-state index is 13.5. The van der Waals surface area contributed by atoms with Gasteiger partial charge < -0.3 is 9.47 Å². The Labute approximate surface area is 220 Å². The van der Waals surface area contributed by atoms with Gasteiger partial charge in [0.1, 0.15) is 5.82 Å². The standard InChI is InChI=1S/C32H38N4O/c1-25(2)21-35(32(37)26-13-5-3-6-14-26)24-31-33-29-17-9-10-18-30(29)36(31)23-28-16-8-7-15-27(28)22-34-19-11-4-12-20-34/h3,5-10,13-18,25H,4,11-12,19-24H2,1-2H3. The molecule has 0 bridgehead atoms. The highest BCUT2D eigenvalue weighted by atomic mass is 16.2. The first-order valence-electron chi connectivity index (χ1n) is 13.7. The Morgan fingerprint density at radius 2 is 1.49 bits per heavy atom. The number of rotatable bonds is 9. The molecule has 5 nitrogen and oxygen atoms in total. The van der Waals surface area contributed by atoms with Gasteiger partial charge in [0.05, 0.1) is 17.6 Å². The molecule has 1 aliphatic heterocycles. The first kappa shape index (κ1) is 25.2. The first-order chi connectivity index (χ1) is 18.1. The van der Waals surface area contributed by atoms with E-state index in [9.17, 15) is 4.79 Å². The minimum absolute atomic E-state index is 0.0541. The number of para-hydroxylation sites is 2. The highest BCUT2D eigenvalue weighted by molar-refractivity contribution is 5.94.